The van der Waals surface area contributed by atoms with Gasteiger partial charge in [-0.15, -0.1) is 0 Å². The van der Waals surface area contributed by atoms with Crippen LogP contribution >= 0.6 is 11.8 Å². The summed E-state index contributed by atoms with van der Waals surface area (Å²) in [4.78, 5) is 21.0. The van der Waals surface area contributed by atoms with Crippen LogP contribution in [0.5, 0.6) is 11.5 Å². The molecule has 0 saturated carbocycles. The maximum atomic E-state index is 12.7. The second kappa shape index (κ2) is 11.0. The number of carbonyl (C=O) groups is 1. The first-order valence-electron chi connectivity index (χ1n) is 12.3. The Hall–Kier alpha value is -4.24. The number of amides is 1. The summed E-state index contributed by atoms with van der Waals surface area (Å²) in [6.07, 6.45) is 5.01. The largest absolute Gasteiger partial charge is 0.490 e. The average Bonchev–Trinajstić information content (AvgIpc) is 3.34. The average molecular weight is 526 g/mol. The van der Waals surface area contributed by atoms with Crippen LogP contribution in [0.1, 0.15) is 42.0 Å². The van der Waals surface area contributed by atoms with Crippen LogP contribution in [0.25, 0.3) is 6.08 Å². The predicted octanol–water partition coefficient (Wildman–Crippen LogP) is 5.64. The van der Waals surface area contributed by atoms with Crippen LogP contribution in [0.4, 0.5) is 0 Å². The van der Waals surface area contributed by atoms with Crippen LogP contribution in [0.15, 0.2) is 82.7 Å². The smallest absolute Gasteiger partial charge is 0.283 e. The van der Waals surface area contributed by atoms with Gasteiger partial charge >= 0.3 is 0 Å². The number of fused-ring (bicyclic) bond motifs is 1. The van der Waals surface area contributed by atoms with E-state index >= 15 is 0 Å². The molecule has 0 saturated heterocycles. The highest BCUT2D eigenvalue weighted by atomic mass is 32.2. The lowest BCUT2D eigenvalue weighted by atomic mass is 10.0. The first kappa shape index (κ1) is 25.4. The Labute approximate surface area is 225 Å². The number of pyridine rings is 1. The van der Waals surface area contributed by atoms with Gasteiger partial charge in [0.2, 0.25) is 5.17 Å². The summed E-state index contributed by atoms with van der Waals surface area (Å²) in [6.45, 7) is 7.17. The maximum absolute atomic E-state index is 12.7. The Morgan fingerprint density at radius 2 is 1.87 bits per heavy atom. The van der Waals surface area contributed by atoms with Gasteiger partial charge in [-0.05, 0) is 77.7 Å². The van der Waals surface area contributed by atoms with Gasteiger partial charge in [-0.1, -0.05) is 38.1 Å². The predicted molar refractivity (Wildman–Crippen MR) is 151 cm³/mol. The molecule has 3 heterocycles. The number of aromatic nitrogens is 1. The van der Waals surface area contributed by atoms with E-state index < -0.39 is 5.91 Å². The number of carbonyl (C=O) groups excluding carboxylic acids is 1. The number of nitrogens with zero attached hydrogens (tertiary/aromatic N) is 4. The minimum atomic E-state index is -0.467. The SMILES string of the molecule is Cc1ccc(C(C)C)c(OCCOc2ccc(C=C3C(=N)N4N=C(c5cccnc5)SC4=NC3=O)cc2)c1. The molecule has 8 nitrogen and oxygen atoms in total. The van der Waals surface area contributed by atoms with Crippen molar-refractivity contribution in [3.05, 3.63) is 94.8 Å². The van der Waals surface area contributed by atoms with E-state index in [2.05, 4.69) is 54.0 Å². The number of benzene rings is 2. The van der Waals surface area contributed by atoms with Crippen LogP contribution in [-0.2, 0) is 4.79 Å². The molecule has 0 unspecified atom stereocenters. The van der Waals surface area contributed by atoms with Crippen molar-refractivity contribution < 1.29 is 14.3 Å². The van der Waals surface area contributed by atoms with Crippen LogP contribution in [0, 0.1) is 12.3 Å². The lowest BCUT2D eigenvalue weighted by Gasteiger charge is -2.20. The summed E-state index contributed by atoms with van der Waals surface area (Å²) >= 11 is 1.25. The molecular formula is C29H27N5O3S. The van der Waals surface area contributed by atoms with Crippen LogP contribution in [-0.4, -0.2) is 45.2 Å². The molecule has 2 aliphatic heterocycles. The number of hydrogen-bond acceptors (Lipinski definition) is 7. The summed E-state index contributed by atoms with van der Waals surface area (Å²) in [6, 6.07) is 17.3. The van der Waals surface area contributed by atoms with E-state index in [4.69, 9.17) is 14.9 Å². The van der Waals surface area contributed by atoms with Crippen LogP contribution in [0.2, 0.25) is 0 Å². The van der Waals surface area contributed by atoms with E-state index in [1.807, 2.05) is 36.4 Å². The summed E-state index contributed by atoms with van der Waals surface area (Å²) in [5.74, 6) is 1.48. The van der Waals surface area contributed by atoms with Gasteiger partial charge in [0.25, 0.3) is 5.91 Å². The van der Waals surface area contributed by atoms with Gasteiger partial charge in [0.15, 0.2) is 5.84 Å². The van der Waals surface area contributed by atoms with E-state index in [1.165, 1.54) is 22.3 Å². The molecule has 0 aliphatic carbocycles. The van der Waals surface area contributed by atoms with Crippen LogP contribution < -0.4 is 9.47 Å². The minimum Gasteiger partial charge on any atom is -0.490 e. The molecule has 1 N–H and O–H groups in total. The second-order valence-corrected chi connectivity index (χ2v) is 10.1. The van der Waals surface area contributed by atoms with Crippen molar-refractivity contribution in [3.8, 4) is 11.5 Å². The van der Waals surface area contributed by atoms with Gasteiger partial charge in [-0.25, -0.2) is 0 Å². The van der Waals surface area contributed by atoms with Crippen molar-refractivity contribution in [1.29, 1.82) is 5.41 Å². The number of hydrazone groups is 1. The highest BCUT2D eigenvalue weighted by Gasteiger charge is 2.36. The van der Waals surface area contributed by atoms with E-state index in [1.54, 1.807) is 18.5 Å². The third kappa shape index (κ3) is 5.52. The molecule has 1 amide bonds. The standard InChI is InChI=1S/C29H27N5O3S/c1-18(2)23-11-6-19(3)15-25(23)37-14-13-36-22-9-7-20(8-10-22)16-24-26(30)34-29(32-27(24)35)38-28(33-34)21-5-4-12-31-17-21/h4-12,15-18,30H,13-14H2,1-3H3. The lowest BCUT2D eigenvalue weighted by molar-refractivity contribution is -0.114. The molecule has 0 fully saturated rings. The van der Waals surface area contributed by atoms with Crippen molar-refractivity contribution in [2.24, 2.45) is 10.1 Å². The molecule has 5 rings (SSSR count). The molecule has 9 heteroatoms. The number of ether oxygens (including phenoxy) is 2. The fourth-order valence-electron chi connectivity index (χ4n) is 3.98. The number of nitrogens with one attached hydrogen (secondary N) is 1. The summed E-state index contributed by atoms with van der Waals surface area (Å²) in [7, 11) is 0. The molecule has 2 aromatic carbocycles. The summed E-state index contributed by atoms with van der Waals surface area (Å²) in [5.41, 5.74) is 4.07. The number of amidine groups is 2. The molecule has 0 bridgehead atoms. The lowest BCUT2D eigenvalue weighted by Crippen LogP contribution is -2.35. The quantitative estimate of drug-likeness (QED) is 0.302. The van der Waals surface area contributed by atoms with Crippen LogP contribution in [0.3, 0.4) is 0 Å². The Bertz CT molecular complexity index is 1460. The van der Waals surface area contributed by atoms with Crippen molar-refractivity contribution in [2.45, 2.75) is 26.7 Å². The van der Waals surface area contributed by atoms with Gasteiger partial charge in [0, 0.05) is 18.0 Å². The Balaban J connectivity index is 1.21. The minimum absolute atomic E-state index is 0.0132. The van der Waals surface area contributed by atoms with Crippen molar-refractivity contribution in [3.63, 3.8) is 0 Å². The normalized spacial score (nSPS) is 16.0. The molecular weight excluding hydrogens is 498 g/mol. The number of thioether (sulfide) groups is 1. The van der Waals surface area contributed by atoms with E-state index in [0.29, 0.717) is 35.1 Å². The third-order valence-electron chi connectivity index (χ3n) is 5.95. The fourth-order valence-corrected chi connectivity index (χ4v) is 4.86. The second-order valence-electron chi connectivity index (χ2n) is 9.13. The van der Waals surface area contributed by atoms with Crippen molar-refractivity contribution in [1.82, 2.24) is 9.99 Å². The molecule has 2 aliphatic rings. The molecule has 0 atom stereocenters. The zero-order valence-corrected chi connectivity index (χ0v) is 22.2. The number of rotatable bonds is 8. The maximum Gasteiger partial charge on any atom is 0.283 e. The number of hydrogen-bond donors (Lipinski definition) is 1. The monoisotopic (exact) mass is 525 g/mol. The summed E-state index contributed by atoms with van der Waals surface area (Å²) < 4.78 is 11.8. The van der Waals surface area contributed by atoms with Gasteiger partial charge in [-0.3, -0.25) is 15.2 Å². The first-order chi connectivity index (χ1) is 18.4. The number of aliphatic imine (C=N–C) groups is 1. The Morgan fingerprint density at radius 1 is 1.08 bits per heavy atom. The van der Waals surface area contributed by atoms with Crippen molar-refractivity contribution in [2.75, 3.05) is 13.2 Å². The fraction of sp³-hybridized carbons (Fsp3) is 0.207. The zero-order chi connectivity index (χ0) is 26.6. The summed E-state index contributed by atoms with van der Waals surface area (Å²) in [5, 5.41) is 15.4. The van der Waals surface area contributed by atoms with Crippen molar-refractivity contribution >= 4 is 39.8 Å². The highest BCUT2D eigenvalue weighted by Crippen LogP contribution is 2.31. The first-order valence-corrected chi connectivity index (χ1v) is 13.1. The molecule has 38 heavy (non-hydrogen) atoms. The Kier molecular flexibility index (Phi) is 7.37. The molecule has 0 spiro atoms. The van der Waals surface area contributed by atoms with Gasteiger partial charge in [0.05, 0.1) is 5.57 Å². The molecule has 1 aromatic heterocycles. The number of aryl methyl sites for hydroxylation is 1. The van der Waals surface area contributed by atoms with Gasteiger partial charge in [-0.2, -0.15) is 15.1 Å². The van der Waals surface area contributed by atoms with Gasteiger partial charge < -0.3 is 9.47 Å². The topological polar surface area (TPSA) is 100 Å². The Morgan fingerprint density at radius 3 is 2.61 bits per heavy atom. The third-order valence-corrected chi connectivity index (χ3v) is 6.91. The van der Waals surface area contributed by atoms with Gasteiger partial charge in [0.1, 0.15) is 29.8 Å². The van der Waals surface area contributed by atoms with E-state index in [-0.39, 0.29) is 11.4 Å². The van der Waals surface area contributed by atoms with E-state index in [0.717, 1.165) is 22.4 Å². The molecule has 3 aromatic rings. The molecule has 192 valence electrons. The molecule has 0 radical (unpaired) electrons. The zero-order valence-electron chi connectivity index (χ0n) is 21.3. The van der Waals surface area contributed by atoms with E-state index in [9.17, 15) is 4.79 Å². The highest BCUT2D eigenvalue weighted by molar-refractivity contribution is 8.27.